The van der Waals surface area contributed by atoms with Crippen molar-refractivity contribution in [3.63, 3.8) is 0 Å². The van der Waals surface area contributed by atoms with Crippen LogP contribution in [0.2, 0.25) is 0 Å². The third kappa shape index (κ3) is 2.51. The van der Waals surface area contributed by atoms with E-state index in [1.54, 1.807) is 24.1 Å². The summed E-state index contributed by atoms with van der Waals surface area (Å²) in [5.41, 5.74) is 0.147. The van der Waals surface area contributed by atoms with Crippen LogP contribution in [0.1, 0.15) is 36.0 Å². The fourth-order valence-electron chi connectivity index (χ4n) is 2.32. The van der Waals surface area contributed by atoms with Crippen LogP contribution in [0.3, 0.4) is 0 Å². The van der Waals surface area contributed by atoms with Crippen LogP contribution in [0.4, 0.5) is 4.39 Å². The highest BCUT2D eigenvalue weighted by molar-refractivity contribution is 9.10. The van der Waals surface area contributed by atoms with Gasteiger partial charge in [-0.3, -0.25) is 4.79 Å². The highest BCUT2D eigenvalue weighted by Gasteiger charge is 2.26. The van der Waals surface area contributed by atoms with Crippen LogP contribution in [0.15, 0.2) is 22.7 Å². The fourth-order valence-corrected chi connectivity index (χ4v) is 2.68. The predicted molar refractivity (Wildman–Crippen MR) is 68.4 cm³/mol. The molecule has 0 bridgehead atoms. The van der Waals surface area contributed by atoms with Gasteiger partial charge < -0.3 is 4.90 Å². The monoisotopic (exact) mass is 299 g/mol. The minimum Gasteiger partial charge on any atom is -0.339 e. The average Bonchev–Trinajstić information content (AvgIpc) is 2.84. The van der Waals surface area contributed by atoms with E-state index in [4.69, 9.17) is 0 Å². The number of carbonyl (C=O) groups is 1. The van der Waals surface area contributed by atoms with Crippen molar-refractivity contribution in [1.29, 1.82) is 0 Å². The maximum atomic E-state index is 13.8. The summed E-state index contributed by atoms with van der Waals surface area (Å²) in [6.45, 7) is 0. The average molecular weight is 300 g/mol. The first-order valence-corrected chi connectivity index (χ1v) is 6.61. The highest BCUT2D eigenvalue weighted by atomic mass is 79.9. The number of amides is 1. The lowest BCUT2D eigenvalue weighted by Gasteiger charge is -2.24. The van der Waals surface area contributed by atoms with Gasteiger partial charge in [0.25, 0.3) is 5.91 Å². The molecule has 1 amide bonds. The molecule has 0 radical (unpaired) electrons. The van der Waals surface area contributed by atoms with Gasteiger partial charge in [0.15, 0.2) is 0 Å². The summed E-state index contributed by atoms with van der Waals surface area (Å²) < 4.78 is 14.1. The van der Waals surface area contributed by atoms with Crippen LogP contribution in [0.25, 0.3) is 0 Å². The lowest BCUT2D eigenvalue weighted by atomic mass is 10.1. The second kappa shape index (κ2) is 5.17. The normalized spacial score (nSPS) is 16.2. The molecule has 0 saturated heterocycles. The number of hydrogen-bond acceptors (Lipinski definition) is 1. The zero-order valence-electron chi connectivity index (χ0n) is 9.75. The van der Waals surface area contributed by atoms with E-state index in [9.17, 15) is 9.18 Å². The summed E-state index contributed by atoms with van der Waals surface area (Å²) in [6, 6.07) is 5.08. The van der Waals surface area contributed by atoms with Crippen LogP contribution < -0.4 is 0 Å². The predicted octanol–water partition coefficient (Wildman–Crippen LogP) is 3.60. The fraction of sp³-hybridized carbons (Fsp3) is 0.462. The van der Waals surface area contributed by atoms with E-state index in [2.05, 4.69) is 15.9 Å². The molecule has 1 saturated carbocycles. The van der Waals surface area contributed by atoms with Gasteiger partial charge in [-0.15, -0.1) is 0 Å². The van der Waals surface area contributed by atoms with Gasteiger partial charge in [0.2, 0.25) is 0 Å². The topological polar surface area (TPSA) is 20.3 Å². The van der Waals surface area contributed by atoms with Crippen molar-refractivity contribution in [2.45, 2.75) is 31.7 Å². The van der Waals surface area contributed by atoms with Gasteiger partial charge in [-0.25, -0.2) is 4.39 Å². The van der Waals surface area contributed by atoms with E-state index in [1.165, 1.54) is 6.07 Å². The van der Waals surface area contributed by atoms with Gasteiger partial charge in [0, 0.05) is 13.1 Å². The molecule has 0 heterocycles. The number of carbonyl (C=O) groups excluding carboxylic acids is 1. The van der Waals surface area contributed by atoms with Crippen molar-refractivity contribution in [2.75, 3.05) is 7.05 Å². The Labute approximate surface area is 109 Å². The van der Waals surface area contributed by atoms with Crippen LogP contribution in [0, 0.1) is 5.82 Å². The Hall–Kier alpha value is -0.900. The number of halogens is 2. The van der Waals surface area contributed by atoms with E-state index in [0.717, 1.165) is 25.7 Å². The molecule has 1 fully saturated rings. The second-order valence-electron chi connectivity index (χ2n) is 4.46. The molecule has 0 spiro atoms. The summed E-state index contributed by atoms with van der Waals surface area (Å²) in [4.78, 5) is 13.8. The molecule has 2 nitrogen and oxygen atoms in total. The standard InChI is InChI=1S/C13H15BrFNO/c1-16(9-5-2-3-6-9)13(17)10-7-4-8-11(14)12(10)15/h4,7-9H,2-3,5-6H2,1H3. The Bertz CT molecular complexity index is 429. The minimum absolute atomic E-state index is 0.147. The molecule has 17 heavy (non-hydrogen) atoms. The number of rotatable bonds is 2. The van der Waals surface area contributed by atoms with Gasteiger partial charge in [0.05, 0.1) is 10.0 Å². The van der Waals surface area contributed by atoms with Crippen LogP contribution in [0.5, 0.6) is 0 Å². The van der Waals surface area contributed by atoms with E-state index in [0.29, 0.717) is 4.47 Å². The molecular weight excluding hydrogens is 285 g/mol. The largest absolute Gasteiger partial charge is 0.339 e. The number of hydrogen-bond donors (Lipinski definition) is 0. The second-order valence-corrected chi connectivity index (χ2v) is 5.31. The molecule has 0 aliphatic heterocycles. The Kier molecular flexibility index (Phi) is 3.82. The maximum Gasteiger partial charge on any atom is 0.256 e. The SMILES string of the molecule is CN(C(=O)c1cccc(Br)c1F)C1CCCC1. The third-order valence-electron chi connectivity index (χ3n) is 3.37. The Balaban J connectivity index is 2.21. The van der Waals surface area contributed by atoms with Gasteiger partial charge in [-0.2, -0.15) is 0 Å². The molecule has 1 aliphatic carbocycles. The summed E-state index contributed by atoms with van der Waals surface area (Å²) in [7, 11) is 1.76. The van der Waals surface area contributed by atoms with Crippen molar-refractivity contribution in [2.24, 2.45) is 0 Å². The number of benzene rings is 1. The van der Waals surface area contributed by atoms with Crippen molar-refractivity contribution in [3.05, 3.63) is 34.1 Å². The smallest absolute Gasteiger partial charge is 0.256 e. The summed E-state index contributed by atoms with van der Waals surface area (Å²) >= 11 is 3.10. The molecule has 0 atom stereocenters. The lowest BCUT2D eigenvalue weighted by Crippen LogP contribution is -2.35. The summed E-state index contributed by atoms with van der Waals surface area (Å²) in [5, 5.41) is 0. The zero-order chi connectivity index (χ0) is 12.4. The first-order chi connectivity index (χ1) is 8.11. The van der Waals surface area contributed by atoms with Crippen molar-refractivity contribution in [1.82, 2.24) is 4.90 Å². The van der Waals surface area contributed by atoms with Gasteiger partial charge >= 0.3 is 0 Å². The molecule has 0 N–H and O–H groups in total. The van der Waals surface area contributed by atoms with Crippen molar-refractivity contribution in [3.8, 4) is 0 Å². The van der Waals surface area contributed by atoms with Gasteiger partial charge in [-0.1, -0.05) is 18.9 Å². The van der Waals surface area contributed by atoms with Crippen molar-refractivity contribution >= 4 is 21.8 Å². The molecule has 2 rings (SSSR count). The quantitative estimate of drug-likeness (QED) is 0.817. The molecule has 0 aromatic heterocycles. The van der Waals surface area contributed by atoms with E-state index in [-0.39, 0.29) is 17.5 Å². The van der Waals surface area contributed by atoms with Gasteiger partial charge in [-0.05, 0) is 40.9 Å². The molecule has 1 aromatic rings. The maximum absolute atomic E-state index is 13.8. The van der Waals surface area contributed by atoms with E-state index < -0.39 is 5.82 Å². The van der Waals surface area contributed by atoms with Crippen LogP contribution >= 0.6 is 15.9 Å². The first-order valence-electron chi connectivity index (χ1n) is 5.82. The molecule has 4 heteroatoms. The summed E-state index contributed by atoms with van der Waals surface area (Å²) in [6.07, 6.45) is 4.36. The Morgan fingerprint density at radius 2 is 2.06 bits per heavy atom. The summed E-state index contributed by atoms with van der Waals surface area (Å²) in [5.74, 6) is -0.696. The zero-order valence-corrected chi connectivity index (χ0v) is 11.3. The van der Waals surface area contributed by atoms with Gasteiger partial charge in [0.1, 0.15) is 5.82 Å². The third-order valence-corrected chi connectivity index (χ3v) is 3.99. The Morgan fingerprint density at radius 1 is 1.41 bits per heavy atom. The van der Waals surface area contributed by atoms with Crippen molar-refractivity contribution < 1.29 is 9.18 Å². The van der Waals surface area contributed by atoms with Crippen LogP contribution in [-0.2, 0) is 0 Å². The molecule has 0 unspecified atom stereocenters. The van der Waals surface area contributed by atoms with E-state index >= 15 is 0 Å². The molecule has 1 aromatic carbocycles. The minimum atomic E-state index is -0.470. The first kappa shape index (κ1) is 12.6. The molecule has 1 aliphatic rings. The molecule has 92 valence electrons. The van der Waals surface area contributed by atoms with E-state index in [1.807, 2.05) is 0 Å². The highest BCUT2D eigenvalue weighted by Crippen LogP contribution is 2.25. The number of nitrogens with zero attached hydrogens (tertiary/aromatic N) is 1. The molecular formula is C13H15BrFNO. The Morgan fingerprint density at radius 3 is 2.71 bits per heavy atom. The van der Waals surface area contributed by atoms with Crippen LogP contribution in [-0.4, -0.2) is 23.9 Å². The lowest BCUT2D eigenvalue weighted by molar-refractivity contribution is 0.0730.